The van der Waals surface area contributed by atoms with Crippen LogP contribution in [0.25, 0.3) is 5.57 Å². The van der Waals surface area contributed by atoms with E-state index in [1.807, 2.05) is 13.0 Å². The fourth-order valence-electron chi connectivity index (χ4n) is 1.36. The second-order valence-corrected chi connectivity index (χ2v) is 3.90. The maximum atomic E-state index is 3.56. The van der Waals surface area contributed by atoms with Gasteiger partial charge in [0.05, 0.1) is 0 Å². The molecule has 0 aliphatic rings. The van der Waals surface area contributed by atoms with Gasteiger partial charge in [0.25, 0.3) is 0 Å². The van der Waals surface area contributed by atoms with E-state index >= 15 is 0 Å². The van der Waals surface area contributed by atoms with Crippen LogP contribution in [0.15, 0.2) is 47.0 Å². The molecule has 0 nitrogen and oxygen atoms in total. The molecule has 1 aromatic carbocycles. The SMILES string of the molecule is C/C=C\C(=C/CC)c1ccccc1Br. The predicted octanol–water partition coefficient (Wildman–Crippen LogP) is 4.82. The summed E-state index contributed by atoms with van der Waals surface area (Å²) in [6, 6.07) is 8.30. The van der Waals surface area contributed by atoms with Crippen molar-refractivity contribution in [3.8, 4) is 0 Å². The average molecular weight is 251 g/mol. The lowest BCUT2D eigenvalue weighted by atomic mass is 10.0. The Bertz CT molecular complexity index is 348. The van der Waals surface area contributed by atoms with Gasteiger partial charge in [-0.1, -0.05) is 59.3 Å². The normalized spacial score (nSPS) is 12.4. The van der Waals surface area contributed by atoms with Gasteiger partial charge in [0.15, 0.2) is 0 Å². The number of hydrogen-bond donors (Lipinski definition) is 0. The van der Waals surface area contributed by atoms with Gasteiger partial charge in [-0.3, -0.25) is 0 Å². The molecule has 0 unspecified atom stereocenters. The molecular weight excluding hydrogens is 236 g/mol. The summed E-state index contributed by atoms with van der Waals surface area (Å²) in [5.41, 5.74) is 2.54. The second kappa shape index (κ2) is 5.82. The van der Waals surface area contributed by atoms with E-state index in [-0.39, 0.29) is 0 Å². The van der Waals surface area contributed by atoms with Crippen LogP contribution in [0.3, 0.4) is 0 Å². The van der Waals surface area contributed by atoms with Crippen LogP contribution in [0.5, 0.6) is 0 Å². The molecule has 0 heterocycles. The second-order valence-electron chi connectivity index (χ2n) is 3.05. The Morgan fingerprint density at radius 2 is 2.07 bits per heavy atom. The van der Waals surface area contributed by atoms with Crippen LogP contribution in [-0.4, -0.2) is 0 Å². The van der Waals surface area contributed by atoms with Crippen molar-refractivity contribution in [1.82, 2.24) is 0 Å². The lowest BCUT2D eigenvalue weighted by molar-refractivity contribution is 1.23. The number of rotatable bonds is 3. The van der Waals surface area contributed by atoms with E-state index < -0.39 is 0 Å². The minimum Gasteiger partial charge on any atom is -0.0871 e. The summed E-state index contributed by atoms with van der Waals surface area (Å²) in [4.78, 5) is 0. The molecule has 1 aromatic rings. The first-order chi connectivity index (χ1) is 6.79. The van der Waals surface area contributed by atoms with Crippen LogP contribution in [0.2, 0.25) is 0 Å². The molecule has 0 aromatic heterocycles. The first-order valence-corrected chi connectivity index (χ1v) is 5.66. The zero-order chi connectivity index (χ0) is 10.4. The van der Waals surface area contributed by atoms with Crippen LogP contribution in [0, 0.1) is 0 Å². The van der Waals surface area contributed by atoms with Gasteiger partial charge in [0.1, 0.15) is 0 Å². The molecule has 0 spiro atoms. The zero-order valence-corrected chi connectivity index (χ0v) is 10.2. The monoisotopic (exact) mass is 250 g/mol. The minimum atomic E-state index is 1.06. The molecule has 0 radical (unpaired) electrons. The molecule has 0 aliphatic heterocycles. The maximum absolute atomic E-state index is 3.56. The zero-order valence-electron chi connectivity index (χ0n) is 8.63. The molecule has 0 amide bonds. The molecule has 1 rings (SSSR count). The van der Waals surface area contributed by atoms with Gasteiger partial charge >= 0.3 is 0 Å². The minimum absolute atomic E-state index is 1.06. The van der Waals surface area contributed by atoms with Crippen molar-refractivity contribution in [1.29, 1.82) is 0 Å². The Labute approximate surface area is 94.5 Å². The van der Waals surface area contributed by atoms with Gasteiger partial charge in [-0.05, 0) is 30.5 Å². The van der Waals surface area contributed by atoms with Crippen LogP contribution >= 0.6 is 15.9 Å². The highest BCUT2D eigenvalue weighted by atomic mass is 79.9. The number of hydrogen-bond acceptors (Lipinski definition) is 0. The topological polar surface area (TPSA) is 0 Å². The third-order valence-electron chi connectivity index (χ3n) is 1.96. The van der Waals surface area contributed by atoms with Crippen molar-refractivity contribution >= 4 is 21.5 Å². The number of halogens is 1. The van der Waals surface area contributed by atoms with Crippen molar-refractivity contribution in [2.75, 3.05) is 0 Å². The summed E-state index contributed by atoms with van der Waals surface area (Å²) < 4.78 is 1.15. The first-order valence-electron chi connectivity index (χ1n) is 4.87. The Morgan fingerprint density at radius 3 is 2.64 bits per heavy atom. The van der Waals surface area contributed by atoms with E-state index in [1.54, 1.807) is 0 Å². The van der Waals surface area contributed by atoms with Crippen molar-refractivity contribution in [2.45, 2.75) is 20.3 Å². The smallest absolute Gasteiger partial charge is 0.0253 e. The number of benzene rings is 1. The summed E-state index contributed by atoms with van der Waals surface area (Å²) >= 11 is 3.56. The van der Waals surface area contributed by atoms with E-state index in [4.69, 9.17) is 0 Å². The quantitative estimate of drug-likeness (QED) is 0.675. The van der Waals surface area contributed by atoms with Crippen LogP contribution < -0.4 is 0 Å². The third kappa shape index (κ3) is 2.85. The largest absolute Gasteiger partial charge is 0.0871 e. The average Bonchev–Trinajstić information content (AvgIpc) is 2.18. The summed E-state index contributed by atoms with van der Waals surface area (Å²) in [6.45, 7) is 4.20. The molecule has 0 fully saturated rings. The number of allylic oxidation sites excluding steroid dienone is 4. The van der Waals surface area contributed by atoms with E-state index in [0.717, 1.165) is 10.9 Å². The van der Waals surface area contributed by atoms with E-state index in [1.165, 1.54) is 11.1 Å². The van der Waals surface area contributed by atoms with Crippen molar-refractivity contribution < 1.29 is 0 Å². The molecule has 0 atom stereocenters. The van der Waals surface area contributed by atoms with E-state index in [9.17, 15) is 0 Å². The molecule has 1 heteroatoms. The predicted molar refractivity (Wildman–Crippen MR) is 67.2 cm³/mol. The fourth-order valence-corrected chi connectivity index (χ4v) is 1.88. The lowest BCUT2D eigenvalue weighted by Crippen LogP contribution is -1.82. The molecular formula is C13H15Br. The van der Waals surface area contributed by atoms with Gasteiger partial charge in [0, 0.05) is 4.47 Å². The Balaban J connectivity index is 3.12. The summed E-state index contributed by atoms with van der Waals surface area (Å²) in [5.74, 6) is 0. The Kier molecular flexibility index (Phi) is 4.68. The molecule has 0 aliphatic carbocycles. The molecule has 0 bridgehead atoms. The standard InChI is InChI=1S/C13H15Br/c1-3-7-11(8-4-2)12-9-5-6-10-13(12)14/h3,5-10H,4H2,1-2H3/b7-3-,11-8+. The van der Waals surface area contributed by atoms with Crippen molar-refractivity contribution in [2.24, 2.45) is 0 Å². The summed E-state index contributed by atoms with van der Waals surface area (Å²) in [5, 5.41) is 0. The Hall–Kier alpha value is -0.820. The molecule has 0 N–H and O–H groups in total. The van der Waals surface area contributed by atoms with Gasteiger partial charge in [-0.25, -0.2) is 0 Å². The van der Waals surface area contributed by atoms with Crippen LogP contribution in [-0.2, 0) is 0 Å². The third-order valence-corrected chi connectivity index (χ3v) is 2.65. The molecule has 14 heavy (non-hydrogen) atoms. The first kappa shape index (κ1) is 11.3. The maximum Gasteiger partial charge on any atom is 0.0253 e. The van der Waals surface area contributed by atoms with Gasteiger partial charge in [-0.15, -0.1) is 0 Å². The molecule has 0 saturated carbocycles. The lowest BCUT2D eigenvalue weighted by Gasteiger charge is -2.04. The van der Waals surface area contributed by atoms with Gasteiger partial charge < -0.3 is 0 Å². The van der Waals surface area contributed by atoms with E-state index in [0.29, 0.717) is 0 Å². The van der Waals surface area contributed by atoms with Crippen molar-refractivity contribution in [3.05, 3.63) is 52.5 Å². The highest BCUT2D eigenvalue weighted by Gasteiger charge is 2.00. The summed E-state index contributed by atoms with van der Waals surface area (Å²) in [6.07, 6.45) is 7.51. The summed E-state index contributed by atoms with van der Waals surface area (Å²) in [7, 11) is 0. The highest BCUT2D eigenvalue weighted by Crippen LogP contribution is 2.25. The molecule has 74 valence electrons. The van der Waals surface area contributed by atoms with Crippen molar-refractivity contribution in [3.63, 3.8) is 0 Å². The molecule has 0 saturated heterocycles. The fraction of sp³-hybridized carbons (Fsp3) is 0.231. The van der Waals surface area contributed by atoms with Crippen LogP contribution in [0.1, 0.15) is 25.8 Å². The van der Waals surface area contributed by atoms with Gasteiger partial charge in [-0.2, -0.15) is 0 Å². The highest BCUT2D eigenvalue weighted by molar-refractivity contribution is 9.10. The van der Waals surface area contributed by atoms with E-state index in [2.05, 4.69) is 59.3 Å². The van der Waals surface area contributed by atoms with Crippen LogP contribution in [0.4, 0.5) is 0 Å². The Morgan fingerprint density at radius 1 is 1.36 bits per heavy atom. The van der Waals surface area contributed by atoms with Gasteiger partial charge in [0.2, 0.25) is 0 Å².